The molecule has 1 aromatic heterocycles. The number of aryl methyl sites for hydroxylation is 3. The first kappa shape index (κ1) is 21.4. The Morgan fingerprint density at radius 3 is 2.57 bits per heavy atom. The summed E-state index contributed by atoms with van der Waals surface area (Å²) in [5, 5.41) is 3.15. The molecule has 1 heterocycles. The van der Waals surface area contributed by atoms with E-state index in [1.165, 1.54) is 16.2 Å². The van der Waals surface area contributed by atoms with Crippen molar-refractivity contribution in [2.75, 3.05) is 19.0 Å². The molecule has 0 fully saturated rings. The first-order valence-electron chi connectivity index (χ1n) is 9.25. The van der Waals surface area contributed by atoms with Crippen LogP contribution in [0.15, 0.2) is 41.2 Å². The number of benzene rings is 2. The molecule has 0 unspecified atom stereocenters. The number of rotatable bonds is 7. The first-order valence-corrected chi connectivity index (χ1v) is 9.63. The van der Waals surface area contributed by atoms with E-state index in [0.717, 1.165) is 16.6 Å². The van der Waals surface area contributed by atoms with Crippen LogP contribution in [-0.4, -0.2) is 34.7 Å². The molecule has 0 bridgehead atoms. The molecular formula is C21H22ClN3O5. The Morgan fingerprint density at radius 2 is 1.87 bits per heavy atom. The summed E-state index contributed by atoms with van der Waals surface area (Å²) in [6.45, 7) is 1.51. The van der Waals surface area contributed by atoms with Gasteiger partial charge in [-0.15, -0.1) is 0 Å². The van der Waals surface area contributed by atoms with E-state index in [1.807, 2.05) is 24.3 Å². The number of halogens is 1. The molecule has 0 aliphatic heterocycles. The second-order valence-corrected chi connectivity index (χ2v) is 7.15. The minimum absolute atomic E-state index is 0.0371. The lowest BCUT2D eigenvalue weighted by Gasteiger charge is -2.12. The number of esters is 1. The molecular weight excluding hydrogens is 410 g/mol. The largest absolute Gasteiger partial charge is 0.495 e. The Kier molecular flexibility index (Phi) is 6.47. The number of amides is 1. The van der Waals surface area contributed by atoms with Crippen molar-refractivity contribution in [1.29, 1.82) is 0 Å². The van der Waals surface area contributed by atoms with Crippen LogP contribution in [0.3, 0.4) is 0 Å². The standard InChI is InChI=1S/C21H22ClN3O5/c1-13-10-15(18(29-3)11-14(13)22)23-19(26)12-30-20(27)8-9-25-17-7-5-4-6-16(17)24(2)21(25)28/h4-7,10-11H,8-9,12H2,1-3H3,(H,23,26). The highest BCUT2D eigenvalue weighted by Crippen LogP contribution is 2.30. The van der Waals surface area contributed by atoms with Gasteiger partial charge in [-0.1, -0.05) is 23.7 Å². The lowest BCUT2D eigenvalue weighted by molar-refractivity contribution is -0.147. The van der Waals surface area contributed by atoms with Crippen molar-refractivity contribution in [3.63, 3.8) is 0 Å². The van der Waals surface area contributed by atoms with E-state index in [2.05, 4.69) is 5.32 Å². The maximum atomic E-state index is 12.4. The smallest absolute Gasteiger partial charge is 0.328 e. The average Bonchev–Trinajstić information content (AvgIpc) is 2.97. The number of para-hydroxylation sites is 2. The summed E-state index contributed by atoms with van der Waals surface area (Å²) in [6.07, 6.45) is -0.0371. The molecule has 0 aliphatic rings. The van der Waals surface area contributed by atoms with Gasteiger partial charge in [0.15, 0.2) is 6.61 Å². The van der Waals surface area contributed by atoms with Gasteiger partial charge < -0.3 is 14.8 Å². The molecule has 0 atom stereocenters. The quantitative estimate of drug-likeness (QED) is 0.581. The number of nitrogens with zero attached hydrogens (tertiary/aromatic N) is 2. The van der Waals surface area contributed by atoms with E-state index in [9.17, 15) is 14.4 Å². The minimum atomic E-state index is -0.579. The number of hydrogen-bond acceptors (Lipinski definition) is 5. The van der Waals surface area contributed by atoms with Crippen molar-refractivity contribution in [2.45, 2.75) is 19.9 Å². The molecule has 3 aromatic rings. The molecule has 0 spiro atoms. The van der Waals surface area contributed by atoms with Crippen LogP contribution in [0.25, 0.3) is 11.0 Å². The summed E-state index contributed by atoms with van der Waals surface area (Å²) in [7, 11) is 3.14. The van der Waals surface area contributed by atoms with E-state index in [-0.39, 0.29) is 18.7 Å². The van der Waals surface area contributed by atoms with E-state index < -0.39 is 18.5 Å². The molecule has 0 saturated carbocycles. The third kappa shape index (κ3) is 4.49. The van der Waals surface area contributed by atoms with Gasteiger partial charge in [-0.25, -0.2) is 4.79 Å². The topological polar surface area (TPSA) is 91.6 Å². The summed E-state index contributed by atoms with van der Waals surface area (Å²) < 4.78 is 13.3. The number of anilines is 1. The molecule has 9 heteroatoms. The van der Waals surface area contributed by atoms with Gasteiger partial charge in [0.05, 0.1) is 30.3 Å². The normalized spacial score (nSPS) is 10.8. The molecule has 0 radical (unpaired) electrons. The van der Waals surface area contributed by atoms with Crippen molar-refractivity contribution in [2.24, 2.45) is 7.05 Å². The maximum Gasteiger partial charge on any atom is 0.328 e. The lowest BCUT2D eigenvalue weighted by Crippen LogP contribution is -2.25. The minimum Gasteiger partial charge on any atom is -0.495 e. The number of ether oxygens (including phenoxy) is 2. The first-order chi connectivity index (χ1) is 14.3. The van der Waals surface area contributed by atoms with E-state index in [0.29, 0.717) is 16.5 Å². The number of carbonyl (C=O) groups excluding carboxylic acids is 2. The van der Waals surface area contributed by atoms with Crippen molar-refractivity contribution < 1.29 is 19.1 Å². The highest BCUT2D eigenvalue weighted by Gasteiger charge is 2.14. The van der Waals surface area contributed by atoms with Gasteiger partial charge in [0.1, 0.15) is 5.75 Å². The second-order valence-electron chi connectivity index (χ2n) is 6.74. The van der Waals surface area contributed by atoms with Crippen LogP contribution >= 0.6 is 11.6 Å². The fraction of sp³-hybridized carbons (Fsp3) is 0.286. The number of imidazole rings is 1. The highest BCUT2D eigenvalue weighted by molar-refractivity contribution is 6.31. The molecule has 1 N–H and O–H groups in total. The molecule has 1 amide bonds. The summed E-state index contributed by atoms with van der Waals surface area (Å²) in [5.74, 6) is -0.685. The van der Waals surface area contributed by atoms with E-state index in [1.54, 1.807) is 26.1 Å². The van der Waals surface area contributed by atoms with Crippen LogP contribution in [0.4, 0.5) is 5.69 Å². The number of carbonyl (C=O) groups is 2. The van der Waals surface area contributed by atoms with Gasteiger partial charge >= 0.3 is 11.7 Å². The highest BCUT2D eigenvalue weighted by atomic mass is 35.5. The molecule has 8 nitrogen and oxygen atoms in total. The summed E-state index contributed by atoms with van der Waals surface area (Å²) >= 11 is 6.05. The van der Waals surface area contributed by atoms with Gasteiger partial charge in [0.25, 0.3) is 5.91 Å². The van der Waals surface area contributed by atoms with Gasteiger partial charge in [-0.3, -0.25) is 18.7 Å². The van der Waals surface area contributed by atoms with Gasteiger partial charge in [0.2, 0.25) is 0 Å². The summed E-state index contributed by atoms with van der Waals surface area (Å²) in [5.41, 5.74) is 2.50. The number of hydrogen-bond donors (Lipinski definition) is 1. The van der Waals surface area contributed by atoms with Crippen molar-refractivity contribution in [1.82, 2.24) is 9.13 Å². The zero-order chi connectivity index (χ0) is 21.8. The van der Waals surface area contributed by atoms with Crippen LogP contribution in [0.2, 0.25) is 5.02 Å². The van der Waals surface area contributed by atoms with Gasteiger partial charge in [-0.2, -0.15) is 0 Å². The zero-order valence-electron chi connectivity index (χ0n) is 16.9. The SMILES string of the molecule is COc1cc(Cl)c(C)cc1NC(=O)COC(=O)CCn1c(=O)n(C)c2ccccc21. The Morgan fingerprint density at radius 1 is 1.17 bits per heavy atom. The van der Waals surface area contributed by atoms with E-state index in [4.69, 9.17) is 21.1 Å². The van der Waals surface area contributed by atoms with E-state index >= 15 is 0 Å². The molecule has 0 aliphatic carbocycles. The molecule has 0 saturated heterocycles. The maximum absolute atomic E-state index is 12.4. The number of fused-ring (bicyclic) bond motifs is 1. The average molecular weight is 432 g/mol. The summed E-state index contributed by atoms with van der Waals surface area (Å²) in [4.78, 5) is 36.6. The van der Waals surface area contributed by atoms with Crippen LogP contribution in [-0.2, 0) is 27.9 Å². The Bertz CT molecular complexity index is 1170. The third-order valence-electron chi connectivity index (χ3n) is 4.71. The van der Waals surface area contributed by atoms with Crippen molar-refractivity contribution >= 4 is 40.2 Å². The predicted octanol–water partition coefficient (Wildman–Crippen LogP) is 2.88. The lowest BCUT2D eigenvalue weighted by atomic mass is 10.2. The molecule has 3 rings (SSSR count). The van der Waals surface area contributed by atoms with Gasteiger partial charge in [-0.05, 0) is 30.7 Å². The molecule has 30 heavy (non-hydrogen) atoms. The third-order valence-corrected chi connectivity index (χ3v) is 5.12. The number of nitrogens with one attached hydrogen (secondary N) is 1. The monoisotopic (exact) mass is 431 g/mol. The Balaban J connectivity index is 1.57. The van der Waals surface area contributed by atoms with Crippen LogP contribution in [0.5, 0.6) is 5.75 Å². The predicted molar refractivity (Wildman–Crippen MR) is 114 cm³/mol. The Labute approximate surface area is 178 Å². The fourth-order valence-corrected chi connectivity index (χ4v) is 3.27. The van der Waals surface area contributed by atoms with Crippen LogP contribution < -0.4 is 15.7 Å². The fourth-order valence-electron chi connectivity index (χ4n) is 3.12. The van der Waals surface area contributed by atoms with Crippen LogP contribution in [0.1, 0.15) is 12.0 Å². The zero-order valence-corrected chi connectivity index (χ0v) is 17.7. The number of aromatic nitrogens is 2. The van der Waals surface area contributed by atoms with Gasteiger partial charge in [0, 0.05) is 24.7 Å². The second kappa shape index (κ2) is 9.04. The molecule has 2 aromatic carbocycles. The summed E-state index contributed by atoms with van der Waals surface area (Å²) in [6, 6.07) is 10.6. The van der Waals surface area contributed by atoms with Crippen molar-refractivity contribution in [3.8, 4) is 5.75 Å². The van der Waals surface area contributed by atoms with Crippen LogP contribution in [0, 0.1) is 6.92 Å². The number of methoxy groups -OCH3 is 1. The van der Waals surface area contributed by atoms with Crippen molar-refractivity contribution in [3.05, 3.63) is 57.5 Å². The molecule has 158 valence electrons. The Hall–Kier alpha value is -3.26.